The highest BCUT2D eigenvalue weighted by Crippen LogP contribution is 2.35. The number of fused-ring (bicyclic) bond motifs is 4. The van der Waals surface area contributed by atoms with Crippen molar-refractivity contribution in [3.05, 3.63) is 183 Å². The molecule has 752 valence electrons. The average molecular weight is 2020 g/mol. The molecule has 15 amide bonds. The summed E-state index contributed by atoms with van der Waals surface area (Å²) in [5.41, 5.74) is 15.6. The third kappa shape index (κ3) is 29.9. The van der Waals surface area contributed by atoms with Crippen LogP contribution < -0.4 is 85.3 Å². The molecule has 140 heavy (non-hydrogen) atoms. The van der Waals surface area contributed by atoms with Crippen LogP contribution in [0.3, 0.4) is 0 Å². The van der Waals surface area contributed by atoms with Gasteiger partial charge in [0.1, 0.15) is 96.8 Å². The lowest BCUT2D eigenvalue weighted by Gasteiger charge is -2.30. The summed E-state index contributed by atoms with van der Waals surface area (Å²) in [5.74, 6) is -25.2. The van der Waals surface area contributed by atoms with E-state index in [1.54, 1.807) is 73.7 Å². The van der Waals surface area contributed by atoms with Crippen LogP contribution in [0.25, 0.3) is 12.2 Å². The second kappa shape index (κ2) is 50.3. The van der Waals surface area contributed by atoms with Crippen molar-refractivity contribution in [3.63, 3.8) is 0 Å². The fourth-order valence-electron chi connectivity index (χ4n) is 15.5. The zero-order valence-electron chi connectivity index (χ0n) is 76.1. The molecule has 0 spiro atoms. The topological polar surface area (TPSA) is 719 Å². The van der Waals surface area contributed by atoms with Crippen molar-refractivity contribution in [2.24, 2.45) is 16.6 Å². The zero-order valence-corrected chi connectivity index (χ0v) is 77.7. The standard InChI is InChI=1S/C89H110BBrF2N20O27/c1-44(16-17-49-12-8-6-9-13-49)26-67(120)58-34-72(125)99-64(41-116)83(132)104-63-38-110-37-55(111(43-110)73(140-57(39-114)40-115)36-97-109-70(123)25-24-53-22-23-54-30-66-45(2)27-46(3)112(66)90(92,93)113(53)54)29-60(80(129)107-75(48(5)118)87(136)105-65(42-117)84(133)101-59(79(128)100-58)28-50-14-10-7-11-15-50)98-71(124)32-56(119)31-62(89(138)139)103-85(134)68(121)35-96-86(135)74(47(4)51-18-20-52(91)21-19-51)106-88(137)76(77(126)78(95)127)108-81(130)61(33-69(94)122)102-82(63)131/h6-23,26-27,30,36-37,39,43,47-48,56-65,67-68,73-77,115-121,126H,24-25,28-29,31-35,38,40-42H2,1-5H3,(H17-,94,95,96,98,99,100,101,102,103,104,105,106,107,108,109,122,123,124,125,127,128,129,130,131,132,133,134,135,136,137,138,139)/p+1/b17-16+,44-26+,97-36?/t47-,48-,56+,57-,58-,59-,60-,61-,62-,63+,64-,65-,67-,68-,73+,74-,75-,76-,77+/m0/s1. The van der Waals surface area contributed by atoms with Crippen LogP contribution in [0.2, 0.25) is 0 Å². The number of carboxylic acids is 1. The Morgan fingerprint density at radius 3 is 1.92 bits per heavy atom. The molecule has 51 heteroatoms. The Morgan fingerprint density at radius 2 is 1.29 bits per heavy atom. The predicted molar refractivity (Wildman–Crippen MR) is 491 cm³/mol. The van der Waals surface area contributed by atoms with E-state index in [4.69, 9.17) is 16.2 Å². The summed E-state index contributed by atoms with van der Waals surface area (Å²) in [4.78, 5) is 245. The molecule has 0 aliphatic carbocycles. The molecular formula is C89H111BBrF2N20O27+. The number of aliphatic carboxylic acids is 1. The number of imidazole rings is 1. The number of carbonyl (C=O) groups excluding carboxylic acids is 16. The maximum absolute atomic E-state index is 16.6. The van der Waals surface area contributed by atoms with E-state index in [0.717, 1.165) is 37.5 Å². The first-order chi connectivity index (χ1) is 66.3. The predicted octanol–water partition coefficient (Wildman–Crippen LogP) is -7.64. The number of allylic oxidation sites excluding steroid dienone is 4. The zero-order chi connectivity index (χ0) is 103. The largest absolute Gasteiger partial charge is 0.737 e. The Bertz CT molecular complexity index is 5650. The van der Waals surface area contributed by atoms with Gasteiger partial charge >= 0.3 is 12.9 Å². The number of aliphatic hydroxyl groups is 8. The third-order valence-corrected chi connectivity index (χ3v) is 23.4. The molecule has 6 heterocycles. The summed E-state index contributed by atoms with van der Waals surface area (Å²) in [6.07, 6.45) is -11.6. The number of hydrogen-bond donors (Lipinski definition) is 24. The van der Waals surface area contributed by atoms with Crippen molar-refractivity contribution in [3.8, 4) is 0 Å². The summed E-state index contributed by atoms with van der Waals surface area (Å²) in [6.45, 7) is -3.82. The van der Waals surface area contributed by atoms with Crippen molar-refractivity contribution in [2.45, 2.75) is 208 Å². The first kappa shape index (κ1) is 109. The van der Waals surface area contributed by atoms with Gasteiger partial charge in [-0.25, -0.2) is 19.4 Å². The van der Waals surface area contributed by atoms with Gasteiger partial charge in [-0.2, -0.15) is 5.10 Å². The molecule has 0 saturated heterocycles. The van der Waals surface area contributed by atoms with Crippen LogP contribution in [0.15, 0.2) is 149 Å². The van der Waals surface area contributed by atoms with Gasteiger partial charge in [-0.15, -0.1) is 0 Å². The molecule has 0 fully saturated rings. The number of halogens is 3. The quantitative estimate of drug-likeness (QED) is 0.00611. The van der Waals surface area contributed by atoms with Gasteiger partial charge in [0.15, 0.2) is 18.1 Å². The maximum atomic E-state index is 16.6. The van der Waals surface area contributed by atoms with Crippen molar-refractivity contribution in [2.75, 3.05) is 26.4 Å². The Morgan fingerprint density at radius 1 is 0.686 bits per heavy atom. The molecule has 3 aromatic carbocycles. The summed E-state index contributed by atoms with van der Waals surface area (Å²) < 4.78 is 43.1. The number of hydrogen-bond acceptors (Lipinski definition) is 27. The molecule has 4 bridgehead atoms. The number of carboxylic acid groups (broad SMARTS) is 1. The number of aliphatic hydroxyl groups excluding tert-OH is 8. The van der Waals surface area contributed by atoms with Crippen LogP contribution in [-0.4, -0.2) is 309 Å². The number of primary amides is 2. The van der Waals surface area contributed by atoms with Gasteiger partial charge in [0.25, 0.3) is 5.91 Å². The third-order valence-electron chi connectivity index (χ3n) is 22.9. The SMILES string of the molecule is CC(/C=C/c1ccccc1)=C\[C@H](O)[C@@H]1CC(=O)N[C@@H](CO)C(=O)N[C@@H]2Cn3cc([n+]([C@@H](C=NNC(=O)CCC4=[N+]5C(=Cc6c(C)cc(C)n6[B-]5(F)F)C=C4)O[C@@H](C=O)CO)c3)C[C@H](NC(=O)C[C@H](O)C[C@@H](C(=O)O)NC(=O)[C@@H](O)CNC(=O)[C@H]([C@@H](C)c3ccc(Br)cc3)NC(=O)[C@H]([C@@H](O)C(N)=O)NC(=O)[C@H](CC(N)=O)NC2=O)C(=O)N[C@@H]([C@H](C)O)C(=O)N[C@@H](CO)C(=O)N[C@@H](Cc2ccccc2)C(=O)N1. The Balaban J connectivity index is 1.24. The number of benzene rings is 3. The van der Waals surface area contributed by atoms with Crippen molar-refractivity contribution < 1.29 is 150 Å². The Hall–Kier alpha value is -14.3. The molecule has 19 atom stereocenters. The molecule has 26 N–H and O–H groups in total. The monoisotopic (exact) mass is 2020 g/mol. The summed E-state index contributed by atoms with van der Waals surface area (Å²) in [7, 11) is 0. The molecule has 9 rings (SSSR count). The lowest BCUT2D eigenvalue weighted by atomic mass is 9.90. The molecule has 4 aliphatic heterocycles. The number of amides is 15. The van der Waals surface area contributed by atoms with E-state index in [1.165, 1.54) is 81.5 Å². The first-order valence-electron chi connectivity index (χ1n) is 43.9. The van der Waals surface area contributed by atoms with Gasteiger partial charge in [-0.05, 0) is 73.8 Å². The Kier molecular flexibility index (Phi) is 39.3. The van der Waals surface area contributed by atoms with Crippen LogP contribution in [0.1, 0.15) is 111 Å². The van der Waals surface area contributed by atoms with Crippen LogP contribution >= 0.6 is 15.9 Å². The highest BCUT2D eigenvalue weighted by Gasteiger charge is 2.53. The van der Waals surface area contributed by atoms with Crippen LogP contribution in [0.5, 0.6) is 0 Å². The highest BCUT2D eigenvalue weighted by molar-refractivity contribution is 9.10. The van der Waals surface area contributed by atoms with Crippen molar-refractivity contribution >= 4 is 148 Å². The Labute approximate surface area is 805 Å². The number of β-amino-alcohol motifs (C(OH)–C–C–N with tert-alkyl or cyclic N) is 1. The van der Waals surface area contributed by atoms with Crippen LogP contribution in [-0.2, 0) is 106 Å². The number of aldehydes is 1. The number of nitrogens with two attached hydrogens (primary N) is 2. The number of aromatic nitrogens is 3. The van der Waals surface area contributed by atoms with Crippen LogP contribution in [0, 0.1) is 13.8 Å². The fraction of sp³-hybridized carbons (Fsp3) is 0.416. The van der Waals surface area contributed by atoms with E-state index in [0.29, 0.717) is 33.0 Å². The summed E-state index contributed by atoms with van der Waals surface area (Å²) in [6, 6.07) is -0.566. The average Bonchev–Trinajstić information content (AvgIpc) is 1.57. The molecule has 0 radical (unpaired) electrons. The fourth-order valence-corrected chi connectivity index (χ4v) is 15.8. The minimum Gasteiger partial charge on any atom is -0.480 e. The number of rotatable bonds is 26. The normalized spacial score (nSPS) is 24.8. The van der Waals surface area contributed by atoms with Gasteiger partial charge < -0.3 is 148 Å². The van der Waals surface area contributed by atoms with Crippen molar-refractivity contribution in [1.82, 2.24) is 78.3 Å². The molecule has 2 aromatic heterocycles. The van der Waals surface area contributed by atoms with E-state index in [1.807, 2.05) is 10.6 Å². The molecular weight excluding hydrogens is 1910 g/mol. The van der Waals surface area contributed by atoms with E-state index in [-0.39, 0.29) is 41.1 Å². The van der Waals surface area contributed by atoms with Gasteiger partial charge in [-0.3, -0.25) is 71.9 Å². The number of nitrogens with zero attached hydrogens (tertiary/aromatic N) is 5. The van der Waals surface area contributed by atoms with Gasteiger partial charge in [0, 0.05) is 72.8 Å². The molecule has 0 saturated carbocycles. The molecule has 4 aliphatic rings. The second-order valence-corrected chi connectivity index (χ2v) is 34.5. The second-order valence-electron chi connectivity index (χ2n) is 33.6. The van der Waals surface area contributed by atoms with E-state index in [2.05, 4.69) is 79.6 Å². The summed E-state index contributed by atoms with van der Waals surface area (Å²) in [5, 5.41) is 132. The number of carbonyl (C=O) groups is 17. The smallest absolute Gasteiger partial charge is 0.480 e. The van der Waals surface area contributed by atoms with Gasteiger partial charge in [-0.1, -0.05) is 119 Å². The summed E-state index contributed by atoms with van der Waals surface area (Å²) >= 11 is 3.28. The van der Waals surface area contributed by atoms with Crippen LogP contribution in [0.4, 0.5) is 8.63 Å². The minimum atomic E-state index is -4.54. The van der Waals surface area contributed by atoms with Gasteiger partial charge in [0.05, 0.1) is 69.8 Å². The highest BCUT2D eigenvalue weighted by atomic mass is 79.9. The lowest BCUT2D eigenvalue weighted by molar-refractivity contribution is -0.749. The molecule has 0 unspecified atom stereocenters. The van der Waals surface area contributed by atoms with Crippen molar-refractivity contribution in [1.29, 1.82) is 0 Å². The number of ether oxygens (including phenoxy) is 1. The minimum absolute atomic E-state index is 0.0145. The first-order valence-corrected chi connectivity index (χ1v) is 44.7. The van der Waals surface area contributed by atoms with E-state index in [9.17, 15) is 103 Å². The molecule has 5 aromatic rings. The number of aryl methyl sites for hydroxylation is 2. The maximum Gasteiger partial charge on any atom is 0.737 e. The van der Waals surface area contributed by atoms with Gasteiger partial charge in [0.2, 0.25) is 95.3 Å². The molecule has 47 nitrogen and oxygen atoms in total. The van der Waals surface area contributed by atoms with E-state index < -0.39 is 300 Å². The number of nitrogens with one attached hydrogen (secondary N) is 13. The number of hydrazone groups is 1. The lowest BCUT2D eigenvalue weighted by Crippen LogP contribution is -2.64. The van der Waals surface area contributed by atoms with E-state index >= 15 is 32.6 Å².